The summed E-state index contributed by atoms with van der Waals surface area (Å²) in [7, 11) is 0. The summed E-state index contributed by atoms with van der Waals surface area (Å²) in [6.45, 7) is 14.0. The van der Waals surface area contributed by atoms with E-state index in [2.05, 4.69) is 56.6 Å². The quantitative estimate of drug-likeness (QED) is 0.829. The highest BCUT2D eigenvalue weighted by atomic mass is 15.3. The van der Waals surface area contributed by atoms with E-state index < -0.39 is 0 Å². The molecule has 1 rings (SSSR count). The number of anilines is 1. The topological polar surface area (TPSA) is 29.9 Å². The molecule has 0 spiro atoms. The van der Waals surface area contributed by atoms with E-state index in [4.69, 9.17) is 0 Å². The molecule has 92 valence electrons. The molecule has 0 fully saturated rings. The fourth-order valence-electron chi connectivity index (χ4n) is 2.14. The van der Waals surface area contributed by atoms with E-state index in [1.54, 1.807) is 0 Å². The molecule has 0 amide bonds. The van der Waals surface area contributed by atoms with Crippen LogP contribution in [0.4, 0.5) is 5.69 Å². The summed E-state index contributed by atoms with van der Waals surface area (Å²) < 4.78 is 2.06. The molecule has 1 aromatic rings. The van der Waals surface area contributed by atoms with Gasteiger partial charge in [-0.05, 0) is 33.1 Å². The van der Waals surface area contributed by atoms with Gasteiger partial charge in [-0.2, -0.15) is 5.10 Å². The fraction of sp³-hybridized carbons (Fsp3) is 0.769. The third kappa shape index (κ3) is 2.57. The Morgan fingerprint density at radius 2 is 1.88 bits per heavy atom. The van der Waals surface area contributed by atoms with Crippen LogP contribution < -0.4 is 5.32 Å². The molecule has 1 atom stereocenters. The Hall–Kier alpha value is -0.990. The van der Waals surface area contributed by atoms with Gasteiger partial charge >= 0.3 is 0 Å². The molecule has 16 heavy (non-hydrogen) atoms. The molecule has 0 aliphatic carbocycles. The van der Waals surface area contributed by atoms with Crippen molar-refractivity contribution in [3.05, 3.63) is 11.4 Å². The molecule has 1 unspecified atom stereocenters. The van der Waals surface area contributed by atoms with Crippen molar-refractivity contribution < 1.29 is 0 Å². The molecule has 1 N–H and O–H groups in total. The van der Waals surface area contributed by atoms with Gasteiger partial charge < -0.3 is 5.32 Å². The lowest BCUT2D eigenvalue weighted by molar-refractivity contribution is 0.510. The van der Waals surface area contributed by atoms with E-state index in [1.807, 2.05) is 0 Å². The van der Waals surface area contributed by atoms with Crippen molar-refractivity contribution in [3.8, 4) is 0 Å². The molecule has 0 radical (unpaired) electrons. The molecular weight excluding hydrogens is 198 g/mol. The SMILES string of the molecule is CCC(Nc1c(C)nn(CC)c1C)C(C)C. The lowest BCUT2D eigenvalue weighted by atomic mass is 10.0. The minimum Gasteiger partial charge on any atom is -0.379 e. The summed E-state index contributed by atoms with van der Waals surface area (Å²) in [4.78, 5) is 0. The van der Waals surface area contributed by atoms with Crippen LogP contribution in [0.2, 0.25) is 0 Å². The van der Waals surface area contributed by atoms with Crippen molar-refractivity contribution in [1.29, 1.82) is 0 Å². The van der Waals surface area contributed by atoms with Crippen molar-refractivity contribution in [3.63, 3.8) is 0 Å². The Bertz CT molecular complexity index is 339. The van der Waals surface area contributed by atoms with Crippen LogP contribution in [0.3, 0.4) is 0 Å². The summed E-state index contributed by atoms with van der Waals surface area (Å²) in [5.74, 6) is 0.647. The van der Waals surface area contributed by atoms with Crippen LogP contribution in [-0.4, -0.2) is 15.8 Å². The third-order valence-corrected chi connectivity index (χ3v) is 3.26. The van der Waals surface area contributed by atoms with Gasteiger partial charge in [-0.15, -0.1) is 0 Å². The molecule has 0 aromatic carbocycles. The molecule has 1 heterocycles. The summed E-state index contributed by atoms with van der Waals surface area (Å²) in [5, 5.41) is 8.17. The second kappa shape index (κ2) is 5.37. The Kier molecular flexibility index (Phi) is 4.39. The normalized spacial score (nSPS) is 13.2. The Morgan fingerprint density at radius 3 is 2.25 bits per heavy atom. The highest BCUT2D eigenvalue weighted by molar-refractivity contribution is 5.52. The monoisotopic (exact) mass is 223 g/mol. The summed E-state index contributed by atoms with van der Waals surface area (Å²) in [5.41, 5.74) is 3.58. The maximum Gasteiger partial charge on any atom is 0.0828 e. The van der Waals surface area contributed by atoms with Gasteiger partial charge in [0.2, 0.25) is 0 Å². The van der Waals surface area contributed by atoms with Gasteiger partial charge in [0.05, 0.1) is 17.1 Å². The zero-order chi connectivity index (χ0) is 12.3. The molecule has 0 aliphatic heterocycles. The first kappa shape index (κ1) is 13.1. The summed E-state index contributed by atoms with van der Waals surface area (Å²) in [6.07, 6.45) is 1.15. The molecule has 0 aliphatic rings. The van der Waals surface area contributed by atoms with Gasteiger partial charge in [0.1, 0.15) is 0 Å². The maximum absolute atomic E-state index is 4.53. The zero-order valence-corrected chi connectivity index (χ0v) is 11.5. The van der Waals surface area contributed by atoms with Crippen molar-refractivity contribution in [2.45, 2.75) is 60.5 Å². The van der Waals surface area contributed by atoms with Crippen molar-refractivity contribution in [2.75, 3.05) is 5.32 Å². The van der Waals surface area contributed by atoms with Crippen LogP contribution in [0.1, 0.15) is 45.5 Å². The van der Waals surface area contributed by atoms with Crippen LogP contribution in [0, 0.1) is 19.8 Å². The van der Waals surface area contributed by atoms with Crippen molar-refractivity contribution in [1.82, 2.24) is 9.78 Å². The Morgan fingerprint density at radius 1 is 1.25 bits per heavy atom. The number of aryl methyl sites for hydroxylation is 2. The molecule has 3 nitrogen and oxygen atoms in total. The van der Waals surface area contributed by atoms with Crippen molar-refractivity contribution in [2.24, 2.45) is 5.92 Å². The first-order valence-corrected chi connectivity index (χ1v) is 6.31. The molecule has 3 heteroatoms. The van der Waals surface area contributed by atoms with Gasteiger partial charge in [-0.1, -0.05) is 20.8 Å². The predicted octanol–water partition coefficient (Wildman–Crippen LogP) is 3.37. The Labute approximate surface area is 99.2 Å². The third-order valence-electron chi connectivity index (χ3n) is 3.26. The van der Waals surface area contributed by atoms with Gasteiger partial charge in [0.15, 0.2) is 0 Å². The number of nitrogens with one attached hydrogen (secondary N) is 1. The first-order chi connectivity index (χ1) is 7.51. The average Bonchev–Trinajstić information content (AvgIpc) is 2.51. The van der Waals surface area contributed by atoms with E-state index in [1.165, 1.54) is 11.4 Å². The van der Waals surface area contributed by atoms with Crippen LogP contribution in [0.15, 0.2) is 0 Å². The predicted molar refractivity (Wildman–Crippen MR) is 69.9 cm³/mol. The van der Waals surface area contributed by atoms with E-state index >= 15 is 0 Å². The lowest BCUT2D eigenvalue weighted by Crippen LogP contribution is -2.25. The number of hydrogen-bond acceptors (Lipinski definition) is 2. The molecule has 1 aromatic heterocycles. The van der Waals surface area contributed by atoms with E-state index in [9.17, 15) is 0 Å². The number of nitrogens with zero attached hydrogens (tertiary/aromatic N) is 2. The second-order valence-electron chi connectivity index (χ2n) is 4.76. The first-order valence-electron chi connectivity index (χ1n) is 6.31. The number of rotatable bonds is 5. The minimum atomic E-state index is 0.534. The number of hydrogen-bond donors (Lipinski definition) is 1. The van der Waals surface area contributed by atoms with Crippen LogP contribution in [0.25, 0.3) is 0 Å². The van der Waals surface area contributed by atoms with Gasteiger partial charge in [0, 0.05) is 12.6 Å². The van der Waals surface area contributed by atoms with E-state index in [-0.39, 0.29) is 0 Å². The summed E-state index contributed by atoms with van der Waals surface area (Å²) in [6, 6.07) is 0.534. The molecule has 0 saturated carbocycles. The summed E-state index contributed by atoms with van der Waals surface area (Å²) >= 11 is 0. The number of aromatic nitrogens is 2. The molecular formula is C13H25N3. The van der Waals surface area contributed by atoms with Gasteiger partial charge in [-0.3, -0.25) is 4.68 Å². The zero-order valence-electron chi connectivity index (χ0n) is 11.5. The standard InChI is InChI=1S/C13H25N3/c1-7-12(9(3)4)14-13-10(5)15-16(8-2)11(13)6/h9,12,14H,7-8H2,1-6H3. The van der Waals surface area contributed by atoms with E-state index in [0.29, 0.717) is 12.0 Å². The maximum atomic E-state index is 4.53. The van der Waals surface area contributed by atoms with Crippen LogP contribution in [0.5, 0.6) is 0 Å². The lowest BCUT2D eigenvalue weighted by Gasteiger charge is -2.22. The minimum absolute atomic E-state index is 0.534. The highest BCUT2D eigenvalue weighted by Gasteiger charge is 2.16. The van der Waals surface area contributed by atoms with Crippen molar-refractivity contribution >= 4 is 5.69 Å². The van der Waals surface area contributed by atoms with Crippen LogP contribution in [-0.2, 0) is 6.54 Å². The van der Waals surface area contributed by atoms with Crippen LogP contribution >= 0.6 is 0 Å². The fourth-order valence-corrected chi connectivity index (χ4v) is 2.14. The van der Waals surface area contributed by atoms with Gasteiger partial charge in [-0.25, -0.2) is 0 Å². The average molecular weight is 223 g/mol. The highest BCUT2D eigenvalue weighted by Crippen LogP contribution is 2.22. The Balaban J connectivity index is 2.91. The largest absolute Gasteiger partial charge is 0.379 e. The second-order valence-corrected chi connectivity index (χ2v) is 4.76. The molecule has 0 saturated heterocycles. The van der Waals surface area contributed by atoms with E-state index in [0.717, 1.165) is 18.7 Å². The van der Waals surface area contributed by atoms with Gasteiger partial charge in [0.25, 0.3) is 0 Å². The smallest absolute Gasteiger partial charge is 0.0828 e. The molecule has 0 bridgehead atoms.